The Morgan fingerprint density at radius 2 is 1.54 bits per heavy atom. The van der Waals surface area contributed by atoms with Gasteiger partial charge in [-0.15, -0.1) is 0 Å². The van der Waals surface area contributed by atoms with E-state index in [4.69, 9.17) is 4.74 Å². The maximum Gasteiger partial charge on any atom is 0.226 e. The van der Waals surface area contributed by atoms with Crippen molar-refractivity contribution in [3.63, 3.8) is 0 Å². The first-order chi connectivity index (χ1) is 12.7. The predicted octanol–water partition coefficient (Wildman–Crippen LogP) is 2.49. The molecule has 1 aliphatic carbocycles. The summed E-state index contributed by atoms with van der Waals surface area (Å²) in [5.74, 6) is 1.67. The fourth-order valence-corrected chi connectivity index (χ4v) is 4.23. The number of benzene rings is 1. The smallest absolute Gasteiger partial charge is 0.226 e. The van der Waals surface area contributed by atoms with Gasteiger partial charge in [-0.1, -0.05) is 24.6 Å². The van der Waals surface area contributed by atoms with E-state index in [1.54, 1.807) is 0 Å². The largest absolute Gasteiger partial charge is 0.493 e. The van der Waals surface area contributed by atoms with E-state index in [2.05, 4.69) is 6.07 Å². The number of ether oxygens (including phenoxy) is 1. The van der Waals surface area contributed by atoms with Crippen LogP contribution in [-0.4, -0.2) is 54.4 Å². The van der Waals surface area contributed by atoms with Crippen LogP contribution in [0, 0.1) is 11.8 Å². The fourth-order valence-electron chi connectivity index (χ4n) is 4.23. The van der Waals surface area contributed by atoms with Gasteiger partial charge in [0.2, 0.25) is 11.8 Å². The Balaban J connectivity index is 1.38. The molecule has 4 rings (SSSR count). The number of hydrogen-bond donors (Lipinski definition) is 0. The van der Waals surface area contributed by atoms with E-state index in [0.717, 1.165) is 56.5 Å². The monoisotopic (exact) mass is 356 g/mol. The molecule has 1 atom stereocenters. The third kappa shape index (κ3) is 3.57. The Morgan fingerprint density at radius 3 is 2.23 bits per heavy atom. The van der Waals surface area contributed by atoms with Crippen LogP contribution in [0.4, 0.5) is 0 Å². The molecule has 2 fully saturated rings. The molecule has 2 heterocycles. The molecule has 0 bridgehead atoms. The molecule has 5 heteroatoms. The molecule has 1 aromatic carbocycles. The lowest BCUT2D eigenvalue weighted by molar-refractivity contribution is -0.139. The summed E-state index contributed by atoms with van der Waals surface area (Å²) in [6, 6.07) is 8.02. The molecule has 1 aromatic rings. The minimum atomic E-state index is -0.0208. The van der Waals surface area contributed by atoms with E-state index >= 15 is 0 Å². The van der Waals surface area contributed by atoms with Crippen molar-refractivity contribution in [2.45, 2.75) is 38.5 Å². The van der Waals surface area contributed by atoms with Crippen molar-refractivity contribution in [2.24, 2.45) is 11.8 Å². The first-order valence-electron chi connectivity index (χ1n) is 10.0. The van der Waals surface area contributed by atoms with Crippen molar-refractivity contribution in [1.29, 1.82) is 0 Å². The van der Waals surface area contributed by atoms with Gasteiger partial charge in [0.05, 0.1) is 6.61 Å². The summed E-state index contributed by atoms with van der Waals surface area (Å²) in [6.45, 7) is 3.48. The standard InChI is InChI=1S/C21H28N2O3/c24-20(16-6-3-7-16)22-10-4-11-23(13-12-22)21(25)18-9-14-26-19-8-2-1-5-17(19)15-18/h1-2,5,8,16,18H,3-4,6-7,9-15H2/t18-/m1/s1. The zero-order valence-electron chi connectivity index (χ0n) is 15.4. The molecule has 1 saturated carbocycles. The Morgan fingerprint density at radius 1 is 0.846 bits per heavy atom. The van der Waals surface area contributed by atoms with Crippen molar-refractivity contribution in [3.8, 4) is 5.75 Å². The lowest BCUT2D eigenvalue weighted by atomic mass is 9.84. The van der Waals surface area contributed by atoms with Gasteiger partial charge >= 0.3 is 0 Å². The Hall–Kier alpha value is -2.04. The first-order valence-corrected chi connectivity index (χ1v) is 10.0. The second-order valence-corrected chi connectivity index (χ2v) is 7.78. The summed E-state index contributed by atoms with van der Waals surface area (Å²) in [5, 5.41) is 0. The molecule has 0 spiro atoms. The molecule has 1 saturated heterocycles. The van der Waals surface area contributed by atoms with Crippen molar-refractivity contribution >= 4 is 11.8 Å². The number of nitrogens with zero attached hydrogens (tertiary/aromatic N) is 2. The van der Waals surface area contributed by atoms with Gasteiger partial charge in [0.15, 0.2) is 0 Å². The lowest BCUT2D eigenvalue weighted by Crippen LogP contribution is -2.43. The molecule has 0 radical (unpaired) electrons. The SMILES string of the molecule is O=C(C1CCC1)N1CCCN(C(=O)[C@@H]2CCOc3ccccc3C2)CC1. The van der Waals surface area contributed by atoms with Crippen LogP contribution in [0.5, 0.6) is 5.75 Å². The third-order valence-corrected chi connectivity index (χ3v) is 6.09. The van der Waals surface area contributed by atoms with E-state index in [0.29, 0.717) is 25.6 Å². The Kier molecular flexibility index (Phi) is 5.14. The summed E-state index contributed by atoms with van der Waals surface area (Å²) in [6.07, 6.45) is 5.65. The van der Waals surface area contributed by atoms with Gasteiger partial charge in [-0.2, -0.15) is 0 Å². The Labute approximate surface area is 155 Å². The highest BCUT2D eigenvalue weighted by Gasteiger charge is 2.32. The number of rotatable bonds is 2. The van der Waals surface area contributed by atoms with Crippen molar-refractivity contribution in [2.75, 3.05) is 32.8 Å². The summed E-state index contributed by atoms with van der Waals surface area (Å²) in [4.78, 5) is 29.6. The molecule has 5 nitrogen and oxygen atoms in total. The second kappa shape index (κ2) is 7.68. The predicted molar refractivity (Wildman–Crippen MR) is 98.9 cm³/mol. The molecular weight excluding hydrogens is 328 g/mol. The lowest BCUT2D eigenvalue weighted by Gasteiger charge is -2.31. The number of fused-ring (bicyclic) bond motifs is 1. The van der Waals surface area contributed by atoms with Crippen LogP contribution in [0.15, 0.2) is 24.3 Å². The van der Waals surface area contributed by atoms with Gasteiger partial charge in [0.25, 0.3) is 0 Å². The molecule has 2 aliphatic heterocycles. The molecule has 0 N–H and O–H groups in total. The second-order valence-electron chi connectivity index (χ2n) is 7.78. The highest BCUT2D eigenvalue weighted by atomic mass is 16.5. The van der Waals surface area contributed by atoms with Crippen LogP contribution in [0.2, 0.25) is 0 Å². The third-order valence-electron chi connectivity index (χ3n) is 6.09. The zero-order valence-corrected chi connectivity index (χ0v) is 15.4. The van der Waals surface area contributed by atoms with Crippen LogP contribution >= 0.6 is 0 Å². The highest BCUT2D eigenvalue weighted by molar-refractivity contribution is 5.81. The zero-order chi connectivity index (χ0) is 17.9. The van der Waals surface area contributed by atoms with Crippen LogP contribution in [-0.2, 0) is 16.0 Å². The molecule has 26 heavy (non-hydrogen) atoms. The normalized spacial score (nSPS) is 23.9. The quantitative estimate of drug-likeness (QED) is 0.818. The minimum Gasteiger partial charge on any atom is -0.493 e. The molecule has 140 valence electrons. The van der Waals surface area contributed by atoms with Gasteiger partial charge in [0.1, 0.15) is 5.75 Å². The topological polar surface area (TPSA) is 49.9 Å². The van der Waals surface area contributed by atoms with Crippen molar-refractivity contribution in [3.05, 3.63) is 29.8 Å². The molecule has 0 aromatic heterocycles. The number of carbonyl (C=O) groups is 2. The van der Waals surface area contributed by atoms with E-state index in [9.17, 15) is 9.59 Å². The molecule has 3 aliphatic rings. The van der Waals surface area contributed by atoms with E-state index in [1.165, 1.54) is 6.42 Å². The van der Waals surface area contributed by atoms with Gasteiger partial charge in [0, 0.05) is 38.0 Å². The van der Waals surface area contributed by atoms with Crippen LogP contribution in [0.1, 0.15) is 37.7 Å². The maximum atomic E-state index is 13.1. The van der Waals surface area contributed by atoms with Crippen LogP contribution < -0.4 is 4.74 Å². The maximum absolute atomic E-state index is 13.1. The van der Waals surface area contributed by atoms with Gasteiger partial charge in [-0.3, -0.25) is 9.59 Å². The van der Waals surface area contributed by atoms with E-state index in [-0.39, 0.29) is 17.7 Å². The van der Waals surface area contributed by atoms with Crippen molar-refractivity contribution in [1.82, 2.24) is 9.80 Å². The highest BCUT2D eigenvalue weighted by Crippen LogP contribution is 2.30. The van der Waals surface area contributed by atoms with Gasteiger partial charge in [-0.05, 0) is 43.7 Å². The summed E-state index contributed by atoms with van der Waals surface area (Å²) >= 11 is 0. The minimum absolute atomic E-state index is 0.0208. The number of para-hydroxylation sites is 1. The Bertz CT molecular complexity index is 671. The van der Waals surface area contributed by atoms with E-state index in [1.807, 2.05) is 28.0 Å². The fraction of sp³-hybridized carbons (Fsp3) is 0.619. The van der Waals surface area contributed by atoms with Gasteiger partial charge < -0.3 is 14.5 Å². The van der Waals surface area contributed by atoms with E-state index < -0.39 is 0 Å². The summed E-state index contributed by atoms with van der Waals surface area (Å²) in [5.41, 5.74) is 1.12. The van der Waals surface area contributed by atoms with Crippen LogP contribution in [0.3, 0.4) is 0 Å². The average Bonchev–Trinajstić information content (AvgIpc) is 2.98. The molecule has 2 amide bonds. The van der Waals surface area contributed by atoms with Crippen molar-refractivity contribution < 1.29 is 14.3 Å². The molecule has 0 unspecified atom stereocenters. The molecular formula is C21H28N2O3. The number of amides is 2. The summed E-state index contributed by atoms with van der Waals surface area (Å²) in [7, 11) is 0. The summed E-state index contributed by atoms with van der Waals surface area (Å²) < 4.78 is 5.81. The number of carbonyl (C=O) groups excluding carboxylic acids is 2. The average molecular weight is 356 g/mol. The van der Waals surface area contributed by atoms with Crippen LogP contribution in [0.25, 0.3) is 0 Å². The first kappa shape index (κ1) is 17.4. The number of hydrogen-bond acceptors (Lipinski definition) is 3. The van der Waals surface area contributed by atoms with Gasteiger partial charge in [-0.25, -0.2) is 0 Å².